The van der Waals surface area contributed by atoms with Gasteiger partial charge in [-0.2, -0.15) is 0 Å². The summed E-state index contributed by atoms with van der Waals surface area (Å²) in [5.74, 6) is 0.905. The molecule has 0 amide bonds. The molecule has 0 spiro atoms. The highest BCUT2D eigenvalue weighted by Gasteiger charge is 2.47. The lowest BCUT2D eigenvalue weighted by Crippen LogP contribution is -2.50. The Morgan fingerprint density at radius 1 is 0.829 bits per heavy atom. The zero-order valence-corrected chi connectivity index (χ0v) is 24.2. The fraction of sp³-hybridized carbons (Fsp3) is 0.586. The van der Waals surface area contributed by atoms with Crippen molar-refractivity contribution in [2.75, 3.05) is 13.1 Å². The van der Waals surface area contributed by atoms with Crippen molar-refractivity contribution in [2.45, 2.75) is 95.7 Å². The predicted molar refractivity (Wildman–Crippen MR) is 149 cm³/mol. The SMILES string of the molecule is CC(C)[Si](Oc1ccc([C@H](O)[C@H](C)N2CCC(O)(c3ccc(Cl)cc3)CC2)cc1)(C(C)C)C(C)C. The Balaban J connectivity index is 1.66. The van der Waals surface area contributed by atoms with Gasteiger partial charge in [0.1, 0.15) is 5.75 Å². The van der Waals surface area contributed by atoms with Crippen LogP contribution < -0.4 is 4.43 Å². The van der Waals surface area contributed by atoms with Gasteiger partial charge in [0, 0.05) is 24.2 Å². The molecule has 0 radical (unpaired) electrons. The van der Waals surface area contributed by atoms with E-state index in [1.165, 1.54) is 0 Å². The first-order valence-corrected chi connectivity index (χ1v) is 15.6. The number of halogens is 1. The third-order valence-corrected chi connectivity index (χ3v) is 14.5. The maximum absolute atomic E-state index is 11.2. The molecule has 194 valence electrons. The summed E-state index contributed by atoms with van der Waals surface area (Å²) in [5, 5.41) is 23.0. The van der Waals surface area contributed by atoms with E-state index in [0.29, 0.717) is 34.5 Å². The normalized spacial score (nSPS) is 18.8. The quantitative estimate of drug-likeness (QED) is 0.342. The Bertz CT molecular complexity index is 916. The fourth-order valence-electron chi connectivity index (χ4n) is 6.12. The molecule has 1 heterocycles. The average molecular weight is 518 g/mol. The lowest BCUT2D eigenvalue weighted by atomic mass is 9.83. The monoisotopic (exact) mass is 517 g/mol. The third kappa shape index (κ3) is 5.97. The van der Waals surface area contributed by atoms with Crippen molar-refractivity contribution in [2.24, 2.45) is 0 Å². The molecule has 1 saturated heterocycles. The Hall–Kier alpha value is -1.37. The van der Waals surface area contributed by atoms with Gasteiger partial charge in [0.05, 0.1) is 11.7 Å². The Labute approximate surface area is 218 Å². The van der Waals surface area contributed by atoms with Crippen LogP contribution in [0, 0.1) is 0 Å². The van der Waals surface area contributed by atoms with Gasteiger partial charge in [0.15, 0.2) is 0 Å². The van der Waals surface area contributed by atoms with E-state index in [4.69, 9.17) is 16.0 Å². The molecule has 0 saturated carbocycles. The third-order valence-electron chi connectivity index (χ3n) is 8.26. The highest BCUT2D eigenvalue weighted by Crippen LogP contribution is 2.43. The number of hydrogen-bond acceptors (Lipinski definition) is 4. The minimum absolute atomic E-state index is 0.0491. The maximum atomic E-state index is 11.2. The molecule has 1 fully saturated rings. The lowest BCUT2D eigenvalue weighted by molar-refractivity contribution is -0.0501. The van der Waals surface area contributed by atoms with E-state index >= 15 is 0 Å². The second kappa shape index (κ2) is 11.3. The van der Waals surface area contributed by atoms with Gasteiger partial charge < -0.3 is 14.6 Å². The van der Waals surface area contributed by atoms with Gasteiger partial charge in [0.2, 0.25) is 0 Å². The molecule has 2 N–H and O–H groups in total. The molecular weight excluding hydrogens is 474 g/mol. The average Bonchev–Trinajstić information content (AvgIpc) is 2.82. The molecule has 2 aromatic carbocycles. The summed E-state index contributed by atoms with van der Waals surface area (Å²) < 4.78 is 6.78. The highest BCUT2D eigenvalue weighted by molar-refractivity contribution is 6.78. The first-order chi connectivity index (χ1) is 16.4. The molecule has 0 aliphatic carbocycles. The molecule has 0 aromatic heterocycles. The van der Waals surface area contributed by atoms with Crippen LogP contribution in [0.3, 0.4) is 0 Å². The number of nitrogens with zero attached hydrogens (tertiary/aromatic N) is 1. The minimum atomic E-state index is -2.01. The standard InChI is InChI=1S/C29H44ClNO3Si/c1-20(2)35(21(3)4,22(5)6)34-27-14-8-24(9-15-27)28(32)23(7)31-18-16-29(33,17-19-31)25-10-12-26(30)13-11-25/h8-15,20-23,28,32-33H,16-19H2,1-7H3/t23-,28+/m0/s1. The van der Waals surface area contributed by atoms with Crippen molar-refractivity contribution in [1.29, 1.82) is 0 Å². The van der Waals surface area contributed by atoms with Gasteiger partial charge in [-0.15, -0.1) is 0 Å². The zero-order valence-electron chi connectivity index (χ0n) is 22.5. The summed E-state index contributed by atoms with van der Waals surface area (Å²) in [6, 6.07) is 15.5. The van der Waals surface area contributed by atoms with Crippen molar-refractivity contribution in [3.8, 4) is 5.75 Å². The van der Waals surface area contributed by atoms with Crippen LogP contribution in [0.15, 0.2) is 48.5 Å². The van der Waals surface area contributed by atoms with Crippen LogP contribution in [0.25, 0.3) is 0 Å². The lowest BCUT2D eigenvalue weighted by Gasteiger charge is -2.42. The van der Waals surface area contributed by atoms with Gasteiger partial charge in [-0.05, 0) is 71.8 Å². The molecule has 35 heavy (non-hydrogen) atoms. The second-order valence-corrected chi connectivity index (χ2v) is 17.1. The van der Waals surface area contributed by atoms with Crippen LogP contribution in [0.4, 0.5) is 0 Å². The summed E-state index contributed by atoms with van der Waals surface area (Å²) in [5.41, 5.74) is 2.50. The van der Waals surface area contributed by atoms with Crippen molar-refractivity contribution in [1.82, 2.24) is 4.90 Å². The second-order valence-electron chi connectivity index (χ2n) is 11.2. The zero-order chi connectivity index (χ0) is 26.0. The summed E-state index contributed by atoms with van der Waals surface area (Å²) in [6.45, 7) is 17.3. The largest absolute Gasteiger partial charge is 0.543 e. The van der Waals surface area contributed by atoms with E-state index in [2.05, 4.69) is 53.4 Å². The van der Waals surface area contributed by atoms with Crippen molar-refractivity contribution in [3.05, 3.63) is 64.7 Å². The van der Waals surface area contributed by atoms with Crippen LogP contribution in [-0.4, -0.2) is 42.6 Å². The van der Waals surface area contributed by atoms with Gasteiger partial charge in [-0.3, -0.25) is 4.90 Å². The Morgan fingerprint density at radius 2 is 1.31 bits per heavy atom. The van der Waals surface area contributed by atoms with Crippen LogP contribution >= 0.6 is 11.6 Å². The number of aliphatic hydroxyl groups excluding tert-OH is 1. The molecule has 2 atom stereocenters. The van der Waals surface area contributed by atoms with Crippen molar-refractivity contribution >= 4 is 19.9 Å². The number of likely N-dealkylation sites (tertiary alicyclic amines) is 1. The minimum Gasteiger partial charge on any atom is -0.543 e. The molecule has 6 heteroatoms. The van der Waals surface area contributed by atoms with E-state index in [-0.39, 0.29) is 6.04 Å². The Morgan fingerprint density at radius 3 is 1.77 bits per heavy atom. The summed E-state index contributed by atoms with van der Waals surface area (Å²) >= 11 is 6.01. The summed E-state index contributed by atoms with van der Waals surface area (Å²) in [4.78, 5) is 2.27. The topological polar surface area (TPSA) is 52.9 Å². The molecule has 4 nitrogen and oxygen atoms in total. The van der Waals surface area contributed by atoms with E-state index in [1.54, 1.807) is 0 Å². The van der Waals surface area contributed by atoms with Crippen LogP contribution in [0.1, 0.15) is 78.5 Å². The van der Waals surface area contributed by atoms with Crippen LogP contribution in [0.5, 0.6) is 5.75 Å². The highest BCUT2D eigenvalue weighted by atomic mass is 35.5. The van der Waals surface area contributed by atoms with Crippen LogP contribution in [-0.2, 0) is 5.60 Å². The Kier molecular flexibility index (Phi) is 9.14. The first-order valence-electron chi connectivity index (χ1n) is 13.1. The molecule has 0 unspecified atom stereocenters. The van der Waals surface area contributed by atoms with Gasteiger partial charge in [-0.25, -0.2) is 0 Å². The van der Waals surface area contributed by atoms with E-state index in [0.717, 1.165) is 30.0 Å². The smallest absolute Gasteiger partial charge is 0.258 e. The summed E-state index contributed by atoms with van der Waals surface area (Å²) in [6.07, 6.45) is 0.656. The van der Waals surface area contributed by atoms with Crippen LogP contribution in [0.2, 0.25) is 21.6 Å². The molecule has 1 aliphatic heterocycles. The number of aliphatic hydroxyl groups is 2. The molecule has 3 rings (SSSR count). The molecule has 1 aliphatic rings. The van der Waals surface area contributed by atoms with Crippen molar-refractivity contribution < 1.29 is 14.6 Å². The molecule has 2 aromatic rings. The predicted octanol–water partition coefficient (Wildman–Crippen LogP) is 7.30. The number of rotatable bonds is 9. The van der Waals surface area contributed by atoms with Gasteiger partial charge >= 0.3 is 0 Å². The first kappa shape index (κ1) is 28.2. The van der Waals surface area contributed by atoms with Crippen molar-refractivity contribution in [3.63, 3.8) is 0 Å². The number of benzene rings is 2. The fourth-order valence-corrected chi connectivity index (χ4v) is 11.5. The molecule has 0 bridgehead atoms. The van der Waals surface area contributed by atoms with Gasteiger partial charge in [-0.1, -0.05) is 77.4 Å². The van der Waals surface area contributed by atoms with E-state index in [9.17, 15) is 10.2 Å². The molecular formula is C29H44ClNO3Si. The van der Waals surface area contributed by atoms with E-state index < -0.39 is 20.0 Å². The number of piperidine rings is 1. The van der Waals surface area contributed by atoms with E-state index in [1.807, 2.05) is 48.5 Å². The van der Waals surface area contributed by atoms with Gasteiger partial charge in [0.25, 0.3) is 8.32 Å². The number of hydrogen-bond donors (Lipinski definition) is 2. The maximum Gasteiger partial charge on any atom is 0.258 e. The summed E-state index contributed by atoms with van der Waals surface area (Å²) in [7, 11) is -2.01.